The Balaban J connectivity index is 1.50. The largest absolute Gasteiger partial charge is 0.481 e. The molecule has 1 aromatic carbocycles. The van der Waals surface area contributed by atoms with Crippen LogP contribution in [0.25, 0.3) is 11.2 Å². The fraction of sp³-hybridized carbons (Fsp3) is 0.423. The number of carbonyl (C=O) groups is 2. The second kappa shape index (κ2) is 10.2. The van der Waals surface area contributed by atoms with Crippen LogP contribution in [0, 0.1) is 23.2 Å². The molecule has 3 aromatic rings. The van der Waals surface area contributed by atoms with E-state index in [9.17, 15) is 19.8 Å². The van der Waals surface area contributed by atoms with Crippen molar-refractivity contribution in [2.75, 3.05) is 12.4 Å². The molecule has 0 radical (unpaired) electrons. The van der Waals surface area contributed by atoms with E-state index in [0.717, 1.165) is 5.56 Å². The summed E-state index contributed by atoms with van der Waals surface area (Å²) in [5.41, 5.74) is 0.735. The number of nitrogens with one attached hydrogen (secondary N) is 2. The number of hydrogen-bond donors (Lipinski definition) is 5. The average molecular weight is 539 g/mol. The van der Waals surface area contributed by atoms with Crippen LogP contribution in [0.1, 0.15) is 43.1 Å². The molecule has 0 bridgehead atoms. The van der Waals surface area contributed by atoms with Crippen molar-refractivity contribution >= 4 is 40.5 Å². The number of carboxylic acids is 1. The summed E-state index contributed by atoms with van der Waals surface area (Å²) >= 11 is 6.12. The van der Waals surface area contributed by atoms with Crippen molar-refractivity contribution < 1.29 is 24.9 Å². The number of imidazole rings is 1. The Morgan fingerprint density at radius 1 is 1.29 bits per heavy atom. The molecular weight excluding hydrogens is 512 g/mol. The van der Waals surface area contributed by atoms with Crippen molar-refractivity contribution in [1.82, 2.24) is 24.8 Å². The summed E-state index contributed by atoms with van der Waals surface area (Å²) < 4.78 is 1.69. The van der Waals surface area contributed by atoms with E-state index in [1.807, 2.05) is 18.2 Å². The van der Waals surface area contributed by atoms with Crippen LogP contribution in [0.2, 0.25) is 5.02 Å². The smallest absolute Gasteiger partial charge is 0.303 e. The molecular formula is C26H27ClN6O5. The number of halogens is 1. The molecule has 0 saturated heterocycles. The summed E-state index contributed by atoms with van der Waals surface area (Å²) in [6, 6.07) is 6.76. The van der Waals surface area contributed by atoms with Gasteiger partial charge in [-0.15, -0.1) is 0 Å². The molecule has 12 heteroatoms. The molecule has 2 heterocycles. The van der Waals surface area contributed by atoms with E-state index in [1.54, 1.807) is 10.6 Å². The van der Waals surface area contributed by atoms with Gasteiger partial charge in [0.2, 0.25) is 11.7 Å². The predicted octanol–water partition coefficient (Wildman–Crippen LogP) is 1.73. The molecule has 5 atom stereocenters. The Morgan fingerprint density at radius 3 is 2.84 bits per heavy atom. The van der Waals surface area contributed by atoms with Gasteiger partial charge in [-0.2, -0.15) is 0 Å². The van der Waals surface area contributed by atoms with Crippen molar-refractivity contribution in [1.29, 1.82) is 0 Å². The normalized spacial score (nSPS) is 25.4. The van der Waals surface area contributed by atoms with Gasteiger partial charge in [-0.25, -0.2) is 15.0 Å². The summed E-state index contributed by atoms with van der Waals surface area (Å²) in [6.07, 6.45) is 0.353. The SMILES string of the molecule is CNC(=O)[C@]12C[C@H]1[C@H](n1cnc3c(NCc4cccc(Cl)c4)nc(C#CCCCC(=O)O)nc31)[C@@H](O)[C@H]2O. The number of hydrogen-bond acceptors (Lipinski definition) is 8. The summed E-state index contributed by atoms with van der Waals surface area (Å²) in [5, 5.41) is 37.0. The maximum atomic E-state index is 12.6. The van der Waals surface area contributed by atoms with Crippen molar-refractivity contribution in [2.45, 2.75) is 50.5 Å². The number of unbranched alkanes of at least 4 members (excludes halogenated alkanes) is 1. The van der Waals surface area contributed by atoms with Gasteiger partial charge in [0.1, 0.15) is 6.10 Å². The first-order valence-corrected chi connectivity index (χ1v) is 12.7. The third-order valence-electron chi connectivity index (χ3n) is 7.31. The van der Waals surface area contributed by atoms with E-state index in [-0.39, 0.29) is 24.1 Å². The van der Waals surface area contributed by atoms with E-state index in [4.69, 9.17) is 16.7 Å². The van der Waals surface area contributed by atoms with Gasteiger partial charge in [-0.1, -0.05) is 29.7 Å². The molecule has 11 nitrogen and oxygen atoms in total. The summed E-state index contributed by atoms with van der Waals surface area (Å²) in [6.45, 7) is 0.401. The Bertz CT molecular complexity index is 1470. The maximum Gasteiger partial charge on any atom is 0.303 e. The van der Waals surface area contributed by atoms with Gasteiger partial charge >= 0.3 is 5.97 Å². The minimum atomic E-state index is -1.22. The fourth-order valence-electron chi connectivity index (χ4n) is 5.40. The number of aromatic nitrogens is 4. The third kappa shape index (κ3) is 4.55. The zero-order valence-electron chi connectivity index (χ0n) is 20.6. The Morgan fingerprint density at radius 2 is 2.11 bits per heavy atom. The van der Waals surface area contributed by atoms with Gasteiger partial charge in [0.05, 0.1) is 23.9 Å². The lowest BCUT2D eigenvalue weighted by atomic mass is 9.98. The van der Waals surface area contributed by atoms with E-state index in [2.05, 4.69) is 37.4 Å². The molecule has 5 N–H and O–H groups in total. The second-order valence-corrected chi connectivity index (χ2v) is 10.0. The van der Waals surface area contributed by atoms with Crippen molar-refractivity contribution in [2.24, 2.45) is 11.3 Å². The first-order valence-electron chi connectivity index (χ1n) is 12.3. The van der Waals surface area contributed by atoms with Crippen LogP contribution in [0.3, 0.4) is 0 Å². The number of aliphatic hydroxyl groups excluding tert-OH is 2. The average Bonchev–Trinajstić information content (AvgIpc) is 3.43. The van der Waals surface area contributed by atoms with Crippen LogP contribution in [-0.4, -0.2) is 66.0 Å². The van der Waals surface area contributed by atoms with Crippen LogP contribution < -0.4 is 10.6 Å². The summed E-state index contributed by atoms with van der Waals surface area (Å²) in [4.78, 5) is 37.0. The van der Waals surface area contributed by atoms with Crippen molar-refractivity contribution in [3.63, 3.8) is 0 Å². The van der Waals surface area contributed by atoms with E-state index in [1.165, 1.54) is 13.4 Å². The van der Waals surface area contributed by atoms with Crippen LogP contribution in [0.15, 0.2) is 30.6 Å². The molecule has 2 saturated carbocycles. The highest BCUT2D eigenvalue weighted by molar-refractivity contribution is 6.30. The van der Waals surface area contributed by atoms with Gasteiger partial charge in [0, 0.05) is 37.4 Å². The number of anilines is 1. The summed E-state index contributed by atoms with van der Waals surface area (Å²) in [7, 11) is 1.51. The quantitative estimate of drug-likeness (QED) is 0.212. The highest BCUT2D eigenvalue weighted by Gasteiger charge is 2.75. The van der Waals surface area contributed by atoms with Crippen LogP contribution >= 0.6 is 11.6 Å². The lowest BCUT2D eigenvalue weighted by Gasteiger charge is -2.23. The molecule has 198 valence electrons. The fourth-order valence-corrected chi connectivity index (χ4v) is 5.62. The van der Waals surface area contributed by atoms with Crippen molar-refractivity contribution in [3.05, 3.63) is 47.0 Å². The van der Waals surface area contributed by atoms with Gasteiger partial charge in [0.25, 0.3) is 0 Å². The van der Waals surface area contributed by atoms with E-state index in [0.29, 0.717) is 47.8 Å². The Hall–Kier alpha value is -3.72. The van der Waals surface area contributed by atoms with E-state index < -0.39 is 29.6 Å². The molecule has 38 heavy (non-hydrogen) atoms. The maximum absolute atomic E-state index is 12.6. The highest BCUT2D eigenvalue weighted by Crippen LogP contribution is 2.67. The molecule has 0 spiro atoms. The predicted molar refractivity (Wildman–Crippen MR) is 138 cm³/mol. The molecule has 2 fully saturated rings. The molecule has 2 aromatic heterocycles. The Kier molecular flexibility index (Phi) is 6.96. The minimum absolute atomic E-state index is 0.0180. The standard InChI is InChI=1S/C26H27ClN6O5/c1-28-25(38)26-11-16(26)20(21(36)22(26)37)33-13-30-19-23(29-12-14-6-5-7-15(27)10-14)31-17(32-24(19)33)8-3-2-4-9-18(34)35/h5-7,10,13,16,20-22,36-37H,2,4,9,11-12H2,1H3,(H,28,38)(H,34,35)(H,29,31,32)/t16-,20-,21+,22+,26+/m0/s1. The number of carboxylic acid groups (broad SMARTS) is 1. The monoisotopic (exact) mass is 538 g/mol. The molecule has 2 aliphatic carbocycles. The summed E-state index contributed by atoms with van der Waals surface area (Å²) in [5.74, 6) is 4.97. The zero-order valence-corrected chi connectivity index (χ0v) is 21.3. The minimum Gasteiger partial charge on any atom is -0.481 e. The Labute approximate surface area is 223 Å². The van der Waals surface area contributed by atoms with Crippen LogP contribution in [0.4, 0.5) is 5.82 Å². The number of fused-ring (bicyclic) bond motifs is 2. The lowest BCUT2D eigenvalue weighted by molar-refractivity contribution is -0.137. The topological polar surface area (TPSA) is 162 Å². The number of rotatable bonds is 8. The first-order chi connectivity index (χ1) is 18.3. The molecule has 1 amide bonds. The second-order valence-electron chi connectivity index (χ2n) is 9.61. The van der Waals surface area contributed by atoms with Gasteiger partial charge < -0.3 is 30.5 Å². The first kappa shape index (κ1) is 25.9. The molecule has 0 unspecified atom stereocenters. The van der Waals surface area contributed by atoms with Crippen molar-refractivity contribution in [3.8, 4) is 11.8 Å². The zero-order chi connectivity index (χ0) is 27.0. The van der Waals surface area contributed by atoms with Gasteiger partial charge in [-0.05, 0) is 36.5 Å². The third-order valence-corrected chi connectivity index (χ3v) is 7.54. The number of aliphatic carboxylic acids is 1. The number of carbonyl (C=O) groups excluding carboxylic acids is 1. The molecule has 0 aliphatic heterocycles. The number of amides is 1. The molecule has 5 rings (SSSR count). The van der Waals surface area contributed by atoms with Crippen LogP contribution in [0.5, 0.6) is 0 Å². The molecule has 2 aliphatic rings. The lowest BCUT2D eigenvalue weighted by Crippen LogP contribution is -2.41. The van der Waals surface area contributed by atoms with Gasteiger partial charge in [0.15, 0.2) is 17.0 Å². The number of nitrogens with zero attached hydrogens (tertiary/aromatic N) is 4. The van der Waals surface area contributed by atoms with E-state index >= 15 is 0 Å². The van der Waals surface area contributed by atoms with Crippen LogP contribution in [-0.2, 0) is 16.1 Å². The number of aliphatic hydroxyl groups is 2. The highest BCUT2D eigenvalue weighted by atomic mass is 35.5. The van der Waals surface area contributed by atoms with Gasteiger partial charge in [-0.3, -0.25) is 9.59 Å². The number of benzene rings is 1.